The highest BCUT2D eigenvalue weighted by atomic mass is 16.1. The lowest BCUT2D eigenvalue weighted by Gasteiger charge is -2.27. The molecule has 2 heterocycles. The third-order valence-corrected chi connectivity index (χ3v) is 4.51. The lowest BCUT2D eigenvalue weighted by Crippen LogP contribution is -2.36. The first kappa shape index (κ1) is 18.1. The third-order valence-electron chi connectivity index (χ3n) is 4.51. The molecule has 0 amide bonds. The van der Waals surface area contributed by atoms with E-state index in [-0.39, 0.29) is 11.8 Å². The average molecular weight is 350 g/mol. The Morgan fingerprint density at radius 3 is 2.54 bits per heavy atom. The van der Waals surface area contributed by atoms with Crippen molar-refractivity contribution >= 4 is 11.7 Å². The Labute approximate surface area is 154 Å². The van der Waals surface area contributed by atoms with Gasteiger partial charge in [0.05, 0.1) is 0 Å². The van der Waals surface area contributed by atoms with Gasteiger partial charge in [-0.1, -0.05) is 45.0 Å². The van der Waals surface area contributed by atoms with E-state index in [9.17, 15) is 4.79 Å². The molecule has 2 aromatic rings. The number of benzene rings is 1. The van der Waals surface area contributed by atoms with Crippen molar-refractivity contribution in [3.63, 3.8) is 0 Å². The van der Waals surface area contributed by atoms with Gasteiger partial charge >= 0.3 is 0 Å². The van der Waals surface area contributed by atoms with E-state index < -0.39 is 0 Å². The molecule has 1 aliphatic heterocycles. The number of ketones is 1. The molecular weight excluding hydrogens is 324 g/mol. The average Bonchev–Trinajstić information content (AvgIpc) is 3.15. The Hall–Kier alpha value is -2.69. The van der Waals surface area contributed by atoms with Gasteiger partial charge in [0.15, 0.2) is 5.78 Å². The smallest absolute Gasteiger partial charge is 0.224 e. The van der Waals surface area contributed by atoms with Gasteiger partial charge in [0, 0.05) is 23.7 Å². The van der Waals surface area contributed by atoms with Crippen LogP contribution >= 0.6 is 0 Å². The van der Waals surface area contributed by atoms with E-state index in [0.717, 1.165) is 29.7 Å². The van der Waals surface area contributed by atoms with Gasteiger partial charge in [0.25, 0.3) is 0 Å². The summed E-state index contributed by atoms with van der Waals surface area (Å²) < 4.78 is 1.70. The molecule has 1 aromatic carbocycles. The number of carbonyl (C=O) groups excluding carboxylic acids is 1. The molecule has 1 atom stereocenters. The largest absolute Gasteiger partial charge is 0.328 e. The zero-order valence-electron chi connectivity index (χ0n) is 15.9. The fraction of sp³-hybridized carbons (Fsp3) is 0.381. The number of hydrogen-bond acceptors (Lipinski definition) is 4. The Kier molecular flexibility index (Phi) is 5.35. The molecule has 0 radical (unpaired) electrons. The van der Waals surface area contributed by atoms with Crippen LogP contribution in [0.1, 0.15) is 51.3 Å². The van der Waals surface area contributed by atoms with Crippen molar-refractivity contribution in [1.82, 2.24) is 15.1 Å². The van der Waals surface area contributed by atoms with Gasteiger partial charge in [0.1, 0.15) is 6.04 Å². The number of carbonyl (C=O) groups is 1. The van der Waals surface area contributed by atoms with Gasteiger partial charge in [-0.25, -0.2) is 9.67 Å². The molecule has 3 rings (SSSR count). The lowest BCUT2D eigenvalue weighted by atomic mass is 9.91. The number of allylic oxidation sites excluding steroid dienone is 1. The van der Waals surface area contributed by atoms with Gasteiger partial charge < -0.3 is 5.32 Å². The first-order valence-corrected chi connectivity index (χ1v) is 9.17. The molecule has 1 aliphatic rings. The van der Waals surface area contributed by atoms with Gasteiger partial charge in [-0.3, -0.25) is 4.79 Å². The molecule has 0 aliphatic carbocycles. The number of aliphatic imine (C=N–C) groups is 1. The molecule has 5 heteroatoms. The normalized spacial score (nSPS) is 17.3. The van der Waals surface area contributed by atoms with Crippen molar-refractivity contribution in [3.05, 3.63) is 65.1 Å². The molecule has 0 saturated carbocycles. The van der Waals surface area contributed by atoms with E-state index in [1.165, 1.54) is 5.56 Å². The van der Waals surface area contributed by atoms with Crippen LogP contribution < -0.4 is 5.32 Å². The van der Waals surface area contributed by atoms with Crippen molar-refractivity contribution in [2.75, 3.05) is 0 Å². The second-order valence-electron chi connectivity index (χ2n) is 7.07. The second-order valence-corrected chi connectivity index (χ2v) is 7.07. The van der Waals surface area contributed by atoms with Crippen LogP contribution in [0.5, 0.6) is 0 Å². The number of rotatable bonds is 5. The minimum Gasteiger partial charge on any atom is -0.328 e. The van der Waals surface area contributed by atoms with Crippen LogP contribution in [0.15, 0.2) is 59.0 Å². The first-order chi connectivity index (χ1) is 12.5. The molecule has 0 spiro atoms. The van der Waals surface area contributed by atoms with Crippen molar-refractivity contribution in [3.8, 4) is 0 Å². The van der Waals surface area contributed by atoms with Gasteiger partial charge in [0.2, 0.25) is 5.96 Å². The van der Waals surface area contributed by atoms with Gasteiger partial charge in [-0.15, -0.1) is 0 Å². The molecule has 1 aromatic heterocycles. The molecule has 1 N–H and O–H groups in total. The standard InChI is InChI=1S/C21H26N4O/c1-5-18-19(15(4)26)20(24-21(23-18)25-12-6-11-22-25)17-9-7-16(8-10-17)13-14(2)3/h6-12,14,20H,5,13H2,1-4H3,(H,23,24). The second kappa shape index (κ2) is 7.68. The monoisotopic (exact) mass is 350 g/mol. The molecule has 0 bridgehead atoms. The first-order valence-electron chi connectivity index (χ1n) is 9.17. The summed E-state index contributed by atoms with van der Waals surface area (Å²) in [4.78, 5) is 17.2. The molecule has 26 heavy (non-hydrogen) atoms. The number of aromatic nitrogens is 2. The summed E-state index contributed by atoms with van der Waals surface area (Å²) in [6.45, 7) is 8.08. The summed E-state index contributed by atoms with van der Waals surface area (Å²) in [6, 6.07) is 10.0. The topological polar surface area (TPSA) is 59.3 Å². The fourth-order valence-electron chi connectivity index (χ4n) is 3.33. The van der Waals surface area contributed by atoms with Crippen LogP contribution in [0.3, 0.4) is 0 Å². The van der Waals surface area contributed by atoms with Crippen molar-refractivity contribution in [2.45, 2.75) is 46.6 Å². The van der Waals surface area contributed by atoms with Gasteiger partial charge in [-0.05, 0) is 42.9 Å². The number of nitrogens with zero attached hydrogens (tertiary/aromatic N) is 3. The number of nitrogens with one attached hydrogen (secondary N) is 1. The molecule has 136 valence electrons. The Balaban J connectivity index is 2.02. The van der Waals surface area contributed by atoms with E-state index in [0.29, 0.717) is 11.9 Å². The Morgan fingerprint density at radius 1 is 1.27 bits per heavy atom. The van der Waals surface area contributed by atoms with Crippen LogP contribution in [0.4, 0.5) is 0 Å². The van der Waals surface area contributed by atoms with E-state index >= 15 is 0 Å². The lowest BCUT2D eigenvalue weighted by molar-refractivity contribution is -0.114. The maximum absolute atomic E-state index is 12.4. The predicted molar refractivity (Wildman–Crippen MR) is 104 cm³/mol. The van der Waals surface area contributed by atoms with E-state index in [4.69, 9.17) is 4.99 Å². The fourth-order valence-corrected chi connectivity index (χ4v) is 3.33. The highest BCUT2D eigenvalue weighted by Gasteiger charge is 2.28. The van der Waals surface area contributed by atoms with Crippen LogP contribution in [-0.2, 0) is 11.2 Å². The van der Waals surface area contributed by atoms with Crippen molar-refractivity contribution in [2.24, 2.45) is 10.9 Å². The third kappa shape index (κ3) is 3.77. The summed E-state index contributed by atoms with van der Waals surface area (Å²) >= 11 is 0. The summed E-state index contributed by atoms with van der Waals surface area (Å²) in [7, 11) is 0. The highest BCUT2D eigenvalue weighted by Crippen LogP contribution is 2.32. The number of hydrogen-bond donors (Lipinski definition) is 1. The Bertz CT molecular complexity index is 829. The minimum absolute atomic E-state index is 0.0499. The predicted octanol–water partition coefficient (Wildman–Crippen LogP) is 3.88. The summed E-state index contributed by atoms with van der Waals surface area (Å²) in [5.41, 5.74) is 3.98. The molecule has 5 nitrogen and oxygen atoms in total. The van der Waals surface area contributed by atoms with E-state index in [1.807, 2.05) is 19.2 Å². The molecular formula is C21H26N4O. The minimum atomic E-state index is -0.309. The van der Waals surface area contributed by atoms with Crippen LogP contribution in [0.25, 0.3) is 0 Å². The zero-order valence-corrected chi connectivity index (χ0v) is 15.9. The van der Waals surface area contributed by atoms with Crippen molar-refractivity contribution < 1.29 is 4.79 Å². The molecule has 1 unspecified atom stereocenters. The molecule has 0 saturated heterocycles. The summed E-state index contributed by atoms with van der Waals surface area (Å²) in [5.74, 6) is 1.31. The summed E-state index contributed by atoms with van der Waals surface area (Å²) in [5, 5.41) is 7.55. The highest BCUT2D eigenvalue weighted by molar-refractivity contribution is 5.98. The quantitative estimate of drug-likeness (QED) is 0.890. The van der Waals surface area contributed by atoms with Crippen LogP contribution in [-0.4, -0.2) is 21.5 Å². The van der Waals surface area contributed by atoms with E-state index in [1.54, 1.807) is 17.8 Å². The summed E-state index contributed by atoms with van der Waals surface area (Å²) in [6.07, 6.45) is 5.34. The molecule has 0 fully saturated rings. The van der Waals surface area contributed by atoms with Crippen molar-refractivity contribution in [1.29, 1.82) is 0 Å². The van der Waals surface area contributed by atoms with Crippen LogP contribution in [0.2, 0.25) is 0 Å². The zero-order chi connectivity index (χ0) is 18.7. The SMILES string of the molecule is CCC1=C(C(C)=O)C(c2ccc(CC(C)C)cc2)N=C(n2cccn2)N1. The van der Waals surface area contributed by atoms with Crippen LogP contribution in [0, 0.1) is 5.92 Å². The number of Topliss-reactive ketones (excluding diaryl/α,β-unsaturated/α-hetero) is 1. The van der Waals surface area contributed by atoms with E-state index in [2.05, 4.69) is 48.5 Å². The Morgan fingerprint density at radius 2 is 2.00 bits per heavy atom. The maximum Gasteiger partial charge on any atom is 0.224 e. The van der Waals surface area contributed by atoms with Gasteiger partial charge in [-0.2, -0.15) is 5.10 Å². The maximum atomic E-state index is 12.4.